The quantitative estimate of drug-likeness (QED) is 0.362. The fraction of sp³-hybridized carbons (Fsp3) is 0.381. The van der Waals surface area contributed by atoms with Gasteiger partial charge in [-0.3, -0.25) is 4.99 Å². The third kappa shape index (κ3) is 7.23. The molecule has 0 aliphatic carbocycles. The standard InChI is InChI=1S/C21H29N3O3S/c1-3-18(17-28(25,26)20-13-8-5-9-14-20)24-21(22-2)23-15-10-16-27-19-11-6-4-7-12-19/h4-9,11-14,18H,3,10,15-17H2,1-2H3,(H2,22,23,24). The number of guanidine groups is 1. The van der Waals surface area contributed by atoms with Gasteiger partial charge >= 0.3 is 0 Å². The van der Waals surface area contributed by atoms with Crippen LogP contribution in [-0.2, 0) is 9.84 Å². The van der Waals surface area contributed by atoms with Crippen molar-refractivity contribution in [2.45, 2.75) is 30.7 Å². The first-order valence-electron chi connectivity index (χ1n) is 9.48. The summed E-state index contributed by atoms with van der Waals surface area (Å²) in [6.45, 7) is 3.22. The number of benzene rings is 2. The molecule has 1 unspecified atom stereocenters. The molecule has 0 saturated carbocycles. The van der Waals surface area contributed by atoms with Gasteiger partial charge in [-0.25, -0.2) is 8.42 Å². The fourth-order valence-electron chi connectivity index (χ4n) is 2.62. The van der Waals surface area contributed by atoms with Crippen molar-refractivity contribution in [3.63, 3.8) is 0 Å². The fourth-order valence-corrected chi connectivity index (χ4v) is 4.24. The second-order valence-corrected chi connectivity index (χ2v) is 8.39. The molecule has 2 aromatic carbocycles. The normalized spacial score (nSPS) is 13.0. The summed E-state index contributed by atoms with van der Waals surface area (Å²) in [5.41, 5.74) is 0. The van der Waals surface area contributed by atoms with E-state index in [1.54, 1.807) is 31.3 Å². The van der Waals surface area contributed by atoms with Crippen LogP contribution in [0, 0.1) is 0 Å². The molecule has 0 fully saturated rings. The van der Waals surface area contributed by atoms with Crippen molar-refractivity contribution in [3.8, 4) is 5.75 Å². The predicted molar refractivity (Wildman–Crippen MR) is 114 cm³/mol. The molecule has 0 spiro atoms. The lowest BCUT2D eigenvalue weighted by Gasteiger charge is -2.20. The first kappa shape index (κ1) is 21.8. The van der Waals surface area contributed by atoms with E-state index in [1.165, 1.54) is 0 Å². The summed E-state index contributed by atoms with van der Waals surface area (Å²) in [5, 5.41) is 6.42. The van der Waals surface area contributed by atoms with Gasteiger partial charge < -0.3 is 15.4 Å². The minimum Gasteiger partial charge on any atom is -0.494 e. The Morgan fingerprint density at radius 2 is 1.71 bits per heavy atom. The zero-order chi connectivity index (χ0) is 20.2. The summed E-state index contributed by atoms with van der Waals surface area (Å²) in [6, 6.07) is 18.0. The largest absolute Gasteiger partial charge is 0.494 e. The van der Waals surface area contributed by atoms with Gasteiger partial charge in [0.1, 0.15) is 5.75 Å². The molecular weight excluding hydrogens is 374 g/mol. The Bertz CT molecular complexity index is 824. The molecule has 0 radical (unpaired) electrons. The highest BCUT2D eigenvalue weighted by molar-refractivity contribution is 7.91. The van der Waals surface area contributed by atoms with Crippen molar-refractivity contribution in [2.75, 3.05) is 26.0 Å². The van der Waals surface area contributed by atoms with Crippen molar-refractivity contribution in [1.82, 2.24) is 10.6 Å². The zero-order valence-electron chi connectivity index (χ0n) is 16.5. The van der Waals surface area contributed by atoms with Gasteiger partial charge in [-0.2, -0.15) is 0 Å². The third-order valence-electron chi connectivity index (χ3n) is 4.21. The van der Waals surface area contributed by atoms with Gasteiger partial charge in [0.2, 0.25) is 0 Å². The summed E-state index contributed by atoms with van der Waals surface area (Å²) >= 11 is 0. The number of nitrogens with zero attached hydrogens (tertiary/aromatic N) is 1. The number of sulfone groups is 1. The highest BCUT2D eigenvalue weighted by Gasteiger charge is 2.20. The average molecular weight is 404 g/mol. The van der Waals surface area contributed by atoms with E-state index in [4.69, 9.17) is 4.74 Å². The molecule has 0 aliphatic heterocycles. The molecule has 0 heterocycles. The van der Waals surface area contributed by atoms with E-state index >= 15 is 0 Å². The van der Waals surface area contributed by atoms with Gasteiger partial charge in [-0.15, -0.1) is 0 Å². The van der Waals surface area contributed by atoms with E-state index < -0.39 is 9.84 Å². The molecule has 28 heavy (non-hydrogen) atoms. The number of hydrogen-bond acceptors (Lipinski definition) is 4. The molecule has 0 aromatic heterocycles. The summed E-state index contributed by atoms with van der Waals surface area (Å²) in [5.74, 6) is 1.46. The predicted octanol–water partition coefficient (Wildman–Crippen LogP) is 2.87. The van der Waals surface area contributed by atoms with Gasteiger partial charge in [0.15, 0.2) is 15.8 Å². The van der Waals surface area contributed by atoms with E-state index in [0.717, 1.165) is 12.2 Å². The average Bonchev–Trinajstić information content (AvgIpc) is 2.73. The summed E-state index contributed by atoms with van der Waals surface area (Å²) < 4.78 is 30.8. The lowest BCUT2D eigenvalue weighted by molar-refractivity contribution is 0.311. The smallest absolute Gasteiger partial charge is 0.191 e. The number of rotatable bonds is 10. The minimum absolute atomic E-state index is 0.0192. The van der Waals surface area contributed by atoms with E-state index in [1.807, 2.05) is 43.3 Å². The van der Waals surface area contributed by atoms with E-state index in [0.29, 0.717) is 30.4 Å². The topological polar surface area (TPSA) is 79.8 Å². The van der Waals surface area contributed by atoms with Gasteiger partial charge in [0.05, 0.1) is 17.3 Å². The molecule has 0 bridgehead atoms. The lowest BCUT2D eigenvalue weighted by Crippen LogP contribution is -2.46. The number of aliphatic imine (C=N–C) groups is 1. The first-order valence-corrected chi connectivity index (χ1v) is 11.1. The van der Waals surface area contributed by atoms with Crippen molar-refractivity contribution < 1.29 is 13.2 Å². The molecule has 6 nitrogen and oxygen atoms in total. The lowest BCUT2D eigenvalue weighted by atomic mass is 10.2. The van der Waals surface area contributed by atoms with Crippen molar-refractivity contribution in [1.29, 1.82) is 0 Å². The molecule has 0 amide bonds. The van der Waals surface area contributed by atoms with Crippen LogP contribution in [0.15, 0.2) is 70.6 Å². The molecule has 152 valence electrons. The second kappa shape index (κ2) is 11.3. The number of ether oxygens (including phenoxy) is 1. The van der Waals surface area contributed by atoms with Crippen LogP contribution in [-0.4, -0.2) is 46.4 Å². The third-order valence-corrected chi connectivity index (χ3v) is 6.04. The van der Waals surface area contributed by atoms with Gasteiger partial charge in [0, 0.05) is 19.6 Å². The van der Waals surface area contributed by atoms with Gasteiger partial charge in [-0.05, 0) is 37.1 Å². The highest BCUT2D eigenvalue weighted by Crippen LogP contribution is 2.12. The van der Waals surface area contributed by atoms with Crippen LogP contribution in [0.5, 0.6) is 5.75 Å². The SMILES string of the molecule is CCC(CS(=O)(=O)c1ccccc1)NC(=NC)NCCCOc1ccccc1. The Labute approximate surface area is 168 Å². The Balaban J connectivity index is 1.78. The molecular formula is C21H29N3O3S. The molecule has 1 atom stereocenters. The van der Waals surface area contributed by atoms with Crippen LogP contribution >= 0.6 is 0 Å². The molecule has 7 heteroatoms. The Kier molecular flexibility index (Phi) is 8.81. The Morgan fingerprint density at radius 1 is 1.07 bits per heavy atom. The Hall–Kier alpha value is -2.54. The zero-order valence-corrected chi connectivity index (χ0v) is 17.3. The first-order chi connectivity index (χ1) is 13.5. The summed E-state index contributed by atoms with van der Waals surface area (Å²) in [6.07, 6.45) is 1.47. The Morgan fingerprint density at radius 3 is 2.32 bits per heavy atom. The second-order valence-electron chi connectivity index (χ2n) is 6.36. The van der Waals surface area contributed by atoms with E-state index in [-0.39, 0.29) is 11.8 Å². The molecule has 0 aliphatic rings. The maximum absolute atomic E-state index is 12.6. The number of hydrogen-bond donors (Lipinski definition) is 2. The minimum atomic E-state index is -3.35. The number of para-hydroxylation sites is 1. The van der Waals surface area contributed by atoms with E-state index in [9.17, 15) is 8.42 Å². The monoisotopic (exact) mass is 403 g/mol. The summed E-state index contributed by atoms with van der Waals surface area (Å²) in [4.78, 5) is 4.54. The molecule has 0 saturated heterocycles. The van der Waals surface area contributed by atoms with Crippen molar-refractivity contribution in [2.24, 2.45) is 4.99 Å². The molecule has 2 aromatic rings. The molecule has 2 N–H and O–H groups in total. The summed E-state index contributed by atoms with van der Waals surface area (Å²) in [7, 11) is -1.68. The van der Waals surface area contributed by atoms with Crippen LogP contribution in [0.3, 0.4) is 0 Å². The number of nitrogens with one attached hydrogen (secondary N) is 2. The van der Waals surface area contributed by atoms with Crippen molar-refractivity contribution in [3.05, 3.63) is 60.7 Å². The van der Waals surface area contributed by atoms with Crippen molar-refractivity contribution >= 4 is 15.8 Å². The van der Waals surface area contributed by atoms with Crippen LogP contribution in [0.4, 0.5) is 0 Å². The van der Waals surface area contributed by atoms with E-state index in [2.05, 4.69) is 15.6 Å². The maximum atomic E-state index is 12.6. The van der Waals surface area contributed by atoms with Gasteiger partial charge in [-0.1, -0.05) is 43.3 Å². The highest BCUT2D eigenvalue weighted by atomic mass is 32.2. The maximum Gasteiger partial charge on any atom is 0.191 e. The van der Waals surface area contributed by atoms with Crippen LogP contribution in [0.2, 0.25) is 0 Å². The van der Waals surface area contributed by atoms with Crippen LogP contribution in [0.1, 0.15) is 19.8 Å². The van der Waals surface area contributed by atoms with Gasteiger partial charge in [0.25, 0.3) is 0 Å². The van der Waals surface area contributed by atoms with Crippen LogP contribution in [0.25, 0.3) is 0 Å². The molecule has 2 rings (SSSR count). The van der Waals surface area contributed by atoms with Crippen LogP contribution < -0.4 is 15.4 Å².